The van der Waals surface area contributed by atoms with Crippen molar-refractivity contribution in [3.8, 4) is 0 Å². The molecule has 31 heavy (non-hydrogen) atoms. The molecule has 1 rings (SSSR count). The Bertz CT molecular complexity index is 721. The van der Waals surface area contributed by atoms with Gasteiger partial charge in [-0.25, -0.2) is 4.79 Å². The molecule has 0 radical (unpaired) electrons. The molecular weight excluding hydrogens is 460 g/mol. The highest BCUT2D eigenvalue weighted by Gasteiger charge is 2.27. The van der Waals surface area contributed by atoms with Crippen LogP contribution in [0.25, 0.3) is 0 Å². The monoisotopic (exact) mass is 496 g/mol. The lowest BCUT2D eigenvalue weighted by Gasteiger charge is -2.24. The number of alkyl carbamates (subject to hydrolysis) is 1. The number of halogens is 1. The smallest absolute Gasteiger partial charge is 0.408 e. The average Bonchev–Trinajstić information content (AvgIpc) is 2.71. The predicted molar refractivity (Wildman–Crippen MR) is 127 cm³/mol. The Balaban J connectivity index is 2.79. The van der Waals surface area contributed by atoms with Gasteiger partial charge in [-0.3, -0.25) is 9.59 Å². The minimum Gasteiger partial charge on any atom is -0.445 e. The molecule has 1 aromatic rings. The van der Waals surface area contributed by atoms with Crippen LogP contribution in [0.5, 0.6) is 0 Å². The van der Waals surface area contributed by atoms with E-state index in [0.29, 0.717) is 12.8 Å². The van der Waals surface area contributed by atoms with E-state index in [4.69, 9.17) is 4.74 Å². The average molecular weight is 497 g/mol. The number of nitrogens with one attached hydrogen (secondary N) is 2. The normalized spacial score (nSPS) is 13.0. The second-order valence-corrected chi connectivity index (χ2v) is 9.27. The molecule has 0 saturated carbocycles. The Morgan fingerprint density at radius 1 is 0.935 bits per heavy atom. The second-order valence-electron chi connectivity index (χ2n) is 8.71. The van der Waals surface area contributed by atoms with E-state index >= 15 is 0 Å². The predicted octanol–water partition coefficient (Wildman–Crippen LogP) is 4.77. The Kier molecular flexibility index (Phi) is 12.5. The SMILES string of the molecule is CCCc1ccccc1COC(=O)NC(CC(C)C)C(=O)NC(CC(C)C)C(=O)CBr. The quantitative estimate of drug-likeness (QED) is 0.385. The molecular formula is C24H37BrN2O4. The minimum atomic E-state index is -0.767. The zero-order valence-electron chi connectivity index (χ0n) is 19.4. The first kappa shape index (κ1) is 27.1. The van der Waals surface area contributed by atoms with Gasteiger partial charge in [0.25, 0.3) is 0 Å². The highest BCUT2D eigenvalue weighted by molar-refractivity contribution is 9.09. The standard InChI is InChI=1S/C24H37BrN2O4/c1-6-9-18-10-7-8-11-19(18)15-31-24(30)27-21(13-17(4)5)23(29)26-20(12-16(2)3)22(28)14-25/h7-8,10-11,16-17,20-21H,6,9,12-15H2,1-5H3,(H,26,29)(H,27,30). The molecule has 0 heterocycles. The van der Waals surface area contributed by atoms with Gasteiger partial charge in [-0.05, 0) is 42.2 Å². The number of carbonyl (C=O) groups excluding carboxylic acids is 3. The van der Waals surface area contributed by atoms with Crippen LogP contribution in [0.1, 0.15) is 65.0 Å². The van der Waals surface area contributed by atoms with Gasteiger partial charge < -0.3 is 15.4 Å². The van der Waals surface area contributed by atoms with Crippen molar-refractivity contribution in [2.45, 2.75) is 79.0 Å². The molecule has 174 valence electrons. The van der Waals surface area contributed by atoms with Crippen LogP contribution < -0.4 is 10.6 Å². The van der Waals surface area contributed by atoms with Crippen LogP contribution >= 0.6 is 15.9 Å². The van der Waals surface area contributed by atoms with Gasteiger partial charge in [-0.2, -0.15) is 0 Å². The maximum atomic E-state index is 12.9. The zero-order chi connectivity index (χ0) is 23.4. The summed E-state index contributed by atoms with van der Waals surface area (Å²) in [6, 6.07) is 6.51. The van der Waals surface area contributed by atoms with Crippen molar-refractivity contribution in [3.05, 3.63) is 35.4 Å². The van der Waals surface area contributed by atoms with E-state index in [1.165, 1.54) is 0 Å². The van der Waals surface area contributed by atoms with Crippen LogP contribution in [0.2, 0.25) is 0 Å². The van der Waals surface area contributed by atoms with Crippen LogP contribution in [0, 0.1) is 11.8 Å². The first-order chi connectivity index (χ1) is 14.7. The van der Waals surface area contributed by atoms with Gasteiger partial charge in [-0.15, -0.1) is 0 Å². The molecule has 7 heteroatoms. The zero-order valence-corrected chi connectivity index (χ0v) is 21.0. The topological polar surface area (TPSA) is 84.5 Å². The molecule has 0 aromatic heterocycles. The fraction of sp³-hybridized carbons (Fsp3) is 0.625. The molecule has 2 unspecified atom stereocenters. The summed E-state index contributed by atoms with van der Waals surface area (Å²) in [5, 5.41) is 5.68. The number of ether oxygens (including phenoxy) is 1. The summed E-state index contributed by atoms with van der Waals surface area (Å²) in [4.78, 5) is 37.6. The van der Waals surface area contributed by atoms with E-state index in [2.05, 4.69) is 33.5 Å². The van der Waals surface area contributed by atoms with Gasteiger partial charge in [0.1, 0.15) is 12.6 Å². The van der Waals surface area contributed by atoms with Crippen molar-refractivity contribution in [2.24, 2.45) is 11.8 Å². The van der Waals surface area contributed by atoms with E-state index in [0.717, 1.165) is 24.0 Å². The molecule has 2 N–H and O–H groups in total. The van der Waals surface area contributed by atoms with E-state index in [1.807, 2.05) is 52.0 Å². The first-order valence-electron chi connectivity index (χ1n) is 11.1. The molecule has 0 bridgehead atoms. The summed E-state index contributed by atoms with van der Waals surface area (Å²) in [6.07, 6.45) is 2.27. The number of aryl methyl sites for hydroxylation is 1. The second kappa shape index (κ2) is 14.2. The fourth-order valence-corrected chi connectivity index (χ4v) is 3.74. The number of benzene rings is 1. The van der Waals surface area contributed by atoms with Crippen LogP contribution in [-0.2, 0) is 27.4 Å². The van der Waals surface area contributed by atoms with Gasteiger partial charge in [0, 0.05) is 0 Å². The molecule has 2 amide bonds. The summed E-state index contributed by atoms with van der Waals surface area (Å²) in [7, 11) is 0. The molecule has 2 atom stereocenters. The van der Waals surface area contributed by atoms with Crippen LogP contribution in [-0.4, -0.2) is 35.2 Å². The van der Waals surface area contributed by atoms with Crippen molar-refractivity contribution >= 4 is 33.7 Å². The largest absolute Gasteiger partial charge is 0.445 e. The van der Waals surface area contributed by atoms with Crippen molar-refractivity contribution in [1.82, 2.24) is 10.6 Å². The van der Waals surface area contributed by atoms with Gasteiger partial charge in [0.05, 0.1) is 11.4 Å². The Morgan fingerprint density at radius 3 is 2.06 bits per heavy atom. The summed E-state index contributed by atoms with van der Waals surface area (Å²) in [5.74, 6) is -0.0212. The molecule has 6 nitrogen and oxygen atoms in total. The fourth-order valence-electron chi connectivity index (χ4n) is 3.35. The van der Waals surface area contributed by atoms with Crippen LogP contribution in [0.3, 0.4) is 0 Å². The summed E-state index contributed by atoms with van der Waals surface area (Å²) in [5.41, 5.74) is 2.11. The number of Topliss-reactive ketones (excluding diaryl/α,β-unsaturated/α-hetero) is 1. The molecule has 0 saturated heterocycles. The summed E-state index contributed by atoms with van der Waals surface area (Å²) < 4.78 is 5.41. The van der Waals surface area contributed by atoms with Crippen molar-refractivity contribution in [2.75, 3.05) is 5.33 Å². The Hall–Kier alpha value is -1.89. The Morgan fingerprint density at radius 2 is 1.52 bits per heavy atom. The van der Waals surface area contributed by atoms with Crippen molar-refractivity contribution in [1.29, 1.82) is 0 Å². The van der Waals surface area contributed by atoms with E-state index < -0.39 is 18.2 Å². The molecule has 0 aliphatic heterocycles. The number of hydrogen-bond acceptors (Lipinski definition) is 4. The van der Waals surface area contributed by atoms with E-state index in [9.17, 15) is 14.4 Å². The molecule has 1 aromatic carbocycles. The van der Waals surface area contributed by atoms with Crippen LogP contribution in [0.15, 0.2) is 24.3 Å². The number of amides is 2. The van der Waals surface area contributed by atoms with Gasteiger partial charge in [0.15, 0.2) is 5.78 Å². The van der Waals surface area contributed by atoms with Gasteiger partial charge in [-0.1, -0.05) is 81.2 Å². The maximum Gasteiger partial charge on any atom is 0.408 e. The lowest BCUT2D eigenvalue weighted by molar-refractivity contribution is -0.128. The Labute approximate surface area is 195 Å². The minimum absolute atomic E-state index is 0.0829. The van der Waals surface area contributed by atoms with Gasteiger partial charge >= 0.3 is 6.09 Å². The third-order valence-electron chi connectivity index (χ3n) is 4.86. The number of ketones is 1. The summed E-state index contributed by atoms with van der Waals surface area (Å²) in [6.45, 7) is 10.2. The lowest BCUT2D eigenvalue weighted by Crippen LogP contribution is -2.52. The highest BCUT2D eigenvalue weighted by atomic mass is 79.9. The number of rotatable bonds is 13. The van der Waals surface area contributed by atoms with Crippen molar-refractivity contribution < 1.29 is 19.1 Å². The maximum absolute atomic E-state index is 12.9. The van der Waals surface area contributed by atoms with E-state index in [-0.39, 0.29) is 35.5 Å². The molecule has 0 aliphatic rings. The molecule has 0 spiro atoms. The third-order valence-corrected chi connectivity index (χ3v) is 5.41. The molecule has 0 aliphatic carbocycles. The third kappa shape index (κ3) is 10.3. The van der Waals surface area contributed by atoms with Gasteiger partial charge in [0.2, 0.25) is 5.91 Å². The van der Waals surface area contributed by atoms with Crippen LogP contribution in [0.4, 0.5) is 4.79 Å². The highest BCUT2D eigenvalue weighted by Crippen LogP contribution is 2.13. The van der Waals surface area contributed by atoms with Crippen molar-refractivity contribution in [3.63, 3.8) is 0 Å². The summed E-state index contributed by atoms with van der Waals surface area (Å²) >= 11 is 3.18. The molecule has 0 fully saturated rings. The lowest BCUT2D eigenvalue weighted by atomic mass is 9.99. The number of carbonyl (C=O) groups is 3. The first-order valence-corrected chi connectivity index (χ1v) is 12.2. The van der Waals surface area contributed by atoms with E-state index in [1.54, 1.807) is 0 Å². The number of hydrogen-bond donors (Lipinski definition) is 2. The number of alkyl halides is 1.